The van der Waals surface area contributed by atoms with E-state index in [0.29, 0.717) is 41.0 Å². The molecule has 8 aliphatic rings. The summed E-state index contributed by atoms with van der Waals surface area (Å²) in [6.45, 7) is 9.29. The Kier molecular flexibility index (Phi) is 14.9. The molecule has 6 aromatic heterocycles. The number of nitrogen functional groups attached to an aromatic ring is 1. The topological polar surface area (TPSA) is 179 Å². The third kappa shape index (κ3) is 10.5. The first-order valence-corrected chi connectivity index (χ1v) is 26.3. The lowest BCUT2D eigenvalue weighted by Crippen LogP contribution is -2.37. The number of hydrogen-bond donors (Lipinski definition) is 2. The van der Waals surface area contributed by atoms with Crippen molar-refractivity contribution in [2.45, 2.75) is 101 Å². The molecule has 6 saturated heterocycles. The largest absolute Gasteiger partial charge is 0.384 e. The molecular formula is C52H67ClF2N16O2. The number of halogens is 3. The summed E-state index contributed by atoms with van der Waals surface area (Å²) in [6, 6.07) is 9.44. The molecule has 18 nitrogen and oxygen atoms in total. The number of aromatic nitrogens is 8. The number of hydrogen-bond acceptors (Lipinski definition) is 14. The molecule has 0 aromatic carbocycles. The van der Waals surface area contributed by atoms with Crippen LogP contribution in [-0.4, -0.2) is 163 Å². The van der Waals surface area contributed by atoms with Crippen molar-refractivity contribution in [3.63, 3.8) is 0 Å². The first-order chi connectivity index (χ1) is 35.3. The van der Waals surface area contributed by atoms with Crippen molar-refractivity contribution < 1.29 is 18.4 Å². The van der Waals surface area contributed by atoms with E-state index < -0.39 is 11.6 Å². The molecule has 2 saturated carbocycles. The van der Waals surface area contributed by atoms with Gasteiger partial charge in [0, 0.05) is 117 Å². The van der Waals surface area contributed by atoms with Crippen molar-refractivity contribution >= 4 is 74.4 Å². The van der Waals surface area contributed by atoms with Gasteiger partial charge in [-0.05, 0) is 87.2 Å². The van der Waals surface area contributed by atoms with Crippen molar-refractivity contribution in [1.82, 2.24) is 58.6 Å². The summed E-state index contributed by atoms with van der Waals surface area (Å²) in [7, 11) is 6.50. The lowest BCUT2D eigenvalue weighted by molar-refractivity contribution is 0.0803. The SMILES string of the molecule is CN(C)C(=O)c1c(F)c2cnc(Cl)nc2n1C1CCCC1.CN(C)C(=O)c1c(F)c2cnc(Nc3ccc(N4CCN5CCC4CC5)cn3)nc2n1C1CCCC1.Nc1ccc(N2CCN3CCC2CC3)cn1. The minimum atomic E-state index is -0.563. The van der Waals surface area contributed by atoms with Crippen LogP contribution < -0.4 is 20.9 Å². The number of amides is 2. The Bertz CT molecular complexity index is 2900. The van der Waals surface area contributed by atoms with Crippen molar-refractivity contribution in [2.24, 2.45) is 0 Å². The standard InChI is InChI=1S/C26H33FN8O.C14H16ClFN4O.C12H18N4/c1-32(2)25(36)23-22(27)20-16-29-26(31-24(20)35(23)18-5-3-4-6-18)30-21-8-7-19(15-28-21)34-14-13-33-11-9-17(34)10-12-33;1-19(2)13(21)11-10(16)9-7-17-14(15)18-12(9)20(11)8-5-3-4-6-8;13-12-2-1-11(9-14-12)16-8-7-15-5-3-10(16)4-6-15/h7-8,15-18H,3-6,9-14H2,1-2H3,(H,28,29,30,31);7-8H,3-6H2,1-2H3;1-2,9-10H,3-8H2,(H2,13,14). The smallest absolute Gasteiger partial charge is 0.273 e. The van der Waals surface area contributed by atoms with Gasteiger partial charge in [0.2, 0.25) is 11.2 Å². The molecular weight excluding hydrogens is 954 g/mol. The van der Waals surface area contributed by atoms with Crippen LogP contribution in [-0.2, 0) is 0 Å². The number of nitrogens with zero attached hydrogens (tertiary/aromatic N) is 14. The summed E-state index contributed by atoms with van der Waals surface area (Å²) in [5.41, 5.74) is 8.97. The molecule has 2 amide bonds. The Hall–Kier alpha value is -6.25. The molecule has 12 heterocycles. The molecule has 0 unspecified atom stereocenters. The zero-order chi connectivity index (χ0) is 50.9. The van der Waals surface area contributed by atoms with E-state index in [9.17, 15) is 14.0 Å². The highest BCUT2D eigenvalue weighted by atomic mass is 35.5. The second kappa shape index (κ2) is 21.7. The van der Waals surface area contributed by atoms with Gasteiger partial charge in [-0.2, -0.15) is 9.97 Å². The summed E-state index contributed by atoms with van der Waals surface area (Å²) >= 11 is 5.85. The molecule has 4 bridgehead atoms. The maximum atomic E-state index is 15.4. The summed E-state index contributed by atoms with van der Waals surface area (Å²) < 4.78 is 33.6. The van der Waals surface area contributed by atoms with Gasteiger partial charge in [0.05, 0.1) is 34.5 Å². The number of rotatable bonds is 8. The van der Waals surface area contributed by atoms with E-state index in [1.165, 1.54) is 86.3 Å². The molecule has 21 heteroatoms. The molecule has 14 rings (SSSR count). The van der Waals surface area contributed by atoms with Gasteiger partial charge in [-0.1, -0.05) is 25.7 Å². The predicted molar refractivity (Wildman–Crippen MR) is 281 cm³/mol. The molecule has 2 aliphatic carbocycles. The van der Waals surface area contributed by atoms with Gasteiger partial charge in [-0.15, -0.1) is 0 Å². The van der Waals surface area contributed by atoms with E-state index >= 15 is 4.39 Å². The van der Waals surface area contributed by atoms with E-state index in [1.807, 2.05) is 24.5 Å². The summed E-state index contributed by atoms with van der Waals surface area (Å²) in [5, 5.41) is 3.76. The predicted octanol–water partition coefficient (Wildman–Crippen LogP) is 7.80. The Morgan fingerprint density at radius 3 is 1.49 bits per heavy atom. The van der Waals surface area contributed by atoms with Crippen molar-refractivity contribution in [3.05, 3.63) is 77.4 Å². The molecule has 0 atom stereocenters. The number of carbonyl (C=O) groups is 2. The van der Waals surface area contributed by atoms with Gasteiger partial charge in [0.25, 0.3) is 11.8 Å². The summed E-state index contributed by atoms with van der Waals surface area (Å²) in [6.07, 6.45) is 19.5. The molecule has 388 valence electrons. The van der Waals surface area contributed by atoms with E-state index in [0.717, 1.165) is 76.7 Å². The second-order valence-corrected chi connectivity index (χ2v) is 21.0. The van der Waals surface area contributed by atoms with E-state index in [2.05, 4.69) is 67.0 Å². The Morgan fingerprint density at radius 2 is 1.04 bits per heavy atom. The molecule has 8 fully saturated rings. The average Bonchev–Trinajstić information content (AvgIpc) is 4.12. The molecule has 73 heavy (non-hydrogen) atoms. The zero-order valence-electron chi connectivity index (χ0n) is 42.4. The fourth-order valence-electron chi connectivity index (χ4n) is 11.8. The number of anilines is 5. The summed E-state index contributed by atoms with van der Waals surface area (Å²) in [4.78, 5) is 64.0. The number of nitrogens with two attached hydrogens (primary N) is 1. The second-order valence-electron chi connectivity index (χ2n) is 20.6. The van der Waals surface area contributed by atoms with Crippen molar-refractivity contribution in [2.75, 3.05) is 101 Å². The number of pyridine rings is 2. The van der Waals surface area contributed by atoms with Crippen LogP contribution in [0.5, 0.6) is 0 Å². The van der Waals surface area contributed by atoms with Gasteiger partial charge in [-0.25, -0.2) is 28.7 Å². The molecule has 0 radical (unpaired) electrons. The van der Waals surface area contributed by atoms with Crippen molar-refractivity contribution in [3.8, 4) is 0 Å². The lowest BCUT2D eigenvalue weighted by Gasteiger charge is -2.32. The minimum absolute atomic E-state index is 0.0520. The maximum absolute atomic E-state index is 15.4. The van der Waals surface area contributed by atoms with Crippen LogP contribution in [0, 0.1) is 11.6 Å². The molecule has 6 aliphatic heterocycles. The molecule has 0 spiro atoms. The Labute approximate surface area is 429 Å². The maximum Gasteiger partial charge on any atom is 0.273 e. The number of piperidine rings is 2. The van der Waals surface area contributed by atoms with Crippen LogP contribution in [0.1, 0.15) is 110 Å². The highest BCUT2D eigenvalue weighted by Gasteiger charge is 2.34. The quantitative estimate of drug-likeness (QED) is 0.141. The highest BCUT2D eigenvalue weighted by molar-refractivity contribution is 6.28. The van der Waals surface area contributed by atoms with E-state index in [-0.39, 0.29) is 51.3 Å². The summed E-state index contributed by atoms with van der Waals surface area (Å²) in [5.74, 6) is -0.266. The minimum Gasteiger partial charge on any atom is -0.384 e. The van der Waals surface area contributed by atoms with Crippen LogP contribution in [0.3, 0.4) is 0 Å². The first kappa shape index (κ1) is 50.3. The number of fused-ring (bicyclic) bond motifs is 10. The zero-order valence-corrected chi connectivity index (χ0v) is 43.1. The normalized spacial score (nSPS) is 21.9. The number of nitrogens with one attached hydrogen (secondary N) is 1. The molecule has 3 N–H and O–H groups in total. The van der Waals surface area contributed by atoms with Gasteiger partial charge in [0.1, 0.15) is 34.3 Å². The fourth-order valence-corrected chi connectivity index (χ4v) is 11.9. The van der Waals surface area contributed by atoms with Crippen LogP contribution in [0.4, 0.5) is 37.7 Å². The first-order valence-electron chi connectivity index (χ1n) is 26.0. The van der Waals surface area contributed by atoms with Gasteiger partial charge >= 0.3 is 0 Å². The third-order valence-corrected chi connectivity index (χ3v) is 15.8. The van der Waals surface area contributed by atoms with E-state index in [1.54, 1.807) is 37.3 Å². The molecule has 6 aromatic rings. The average molecular weight is 1020 g/mol. The monoisotopic (exact) mass is 1020 g/mol. The Morgan fingerprint density at radius 1 is 0.575 bits per heavy atom. The highest BCUT2D eigenvalue weighted by Crippen LogP contribution is 2.38. The van der Waals surface area contributed by atoms with E-state index in [4.69, 9.17) is 17.3 Å². The third-order valence-electron chi connectivity index (χ3n) is 15.7. The lowest BCUT2D eigenvalue weighted by atomic mass is 10.0. The fraction of sp³-hybridized carbons (Fsp3) is 0.538. The van der Waals surface area contributed by atoms with Crippen LogP contribution in [0.15, 0.2) is 49.1 Å². The van der Waals surface area contributed by atoms with Gasteiger partial charge < -0.3 is 49.6 Å². The van der Waals surface area contributed by atoms with Gasteiger partial charge in [0.15, 0.2) is 11.6 Å². The van der Waals surface area contributed by atoms with Crippen LogP contribution in [0.2, 0.25) is 5.28 Å². The Balaban J connectivity index is 0.000000139. The van der Waals surface area contributed by atoms with Crippen LogP contribution >= 0.6 is 11.6 Å². The van der Waals surface area contributed by atoms with Crippen LogP contribution in [0.25, 0.3) is 22.1 Å². The number of carbonyl (C=O) groups excluding carboxylic acids is 2. The van der Waals surface area contributed by atoms with Gasteiger partial charge in [-0.3, -0.25) is 9.59 Å². The van der Waals surface area contributed by atoms with Crippen molar-refractivity contribution in [1.29, 1.82) is 0 Å².